The Hall–Kier alpha value is -0.800. The van der Waals surface area contributed by atoms with Gasteiger partial charge in [0, 0.05) is 13.2 Å². The van der Waals surface area contributed by atoms with Crippen molar-refractivity contribution in [1.29, 1.82) is 0 Å². The van der Waals surface area contributed by atoms with Gasteiger partial charge in [-0.1, -0.05) is 13.8 Å². The molecule has 0 aliphatic heterocycles. The van der Waals surface area contributed by atoms with Crippen molar-refractivity contribution in [2.75, 3.05) is 19.8 Å². The summed E-state index contributed by atoms with van der Waals surface area (Å²) in [6.45, 7) is 9.86. The lowest BCUT2D eigenvalue weighted by Crippen LogP contribution is -2.17. The zero-order valence-electron chi connectivity index (χ0n) is 10.6. The molecule has 1 rings (SSSR count). The number of rotatable bonds is 8. The van der Waals surface area contributed by atoms with E-state index in [4.69, 9.17) is 9.15 Å². The second-order valence-corrected chi connectivity index (χ2v) is 4.53. The van der Waals surface area contributed by atoms with E-state index in [9.17, 15) is 0 Å². The monoisotopic (exact) mass is 225 g/mol. The lowest BCUT2D eigenvalue weighted by Gasteiger charge is -2.07. The van der Waals surface area contributed by atoms with Gasteiger partial charge in [0.25, 0.3) is 0 Å². The Morgan fingerprint density at radius 1 is 1.44 bits per heavy atom. The minimum Gasteiger partial charge on any atom is -0.468 e. The summed E-state index contributed by atoms with van der Waals surface area (Å²) in [6.07, 6.45) is 2.78. The van der Waals surface area contributed by atoms with Crippen LogP contribution >= 0.6 is 0 Å². The van der Waals surface area contributed by atoms with Gasteiger partial charge in [0.2, 0.25) is 0 Å². The maximum Gasteiger partial charge on any atom is 0.120 e. The quantitative estimate of drug-likeness (QED) is 0.691. The van der Waals surface area contributed by atoms with Crippen molar-refractivity contribution in [2.45, 2.75) is 33.7 Å². The Bertz CT molecular complexity index is 281. The lowest BCUT2D eigenvalue weighted by atomic mass is 10.2. The Labute approximate surface area is 98.2 Å². The van der Waals surface area contributed by atoms with E-state index in [0.717, 1.165) is 38.5 Å². The summed E-state index contributed by atoms with van der Waals surface area (Å²) in [5.74, 6) is 1.65. The standard InChI is InChI=1S/C13H23NO2/c1-11(2)10-15-7-4-6-14-9-13-12(3)5-8-16-13/h5,8,11,14H,4,6-7,9-10H2,1-3H3. The van der Waals surface area contributed by atoms with Crippen LogP contribution in [-0.4, -0.2) is 19.8 Å². The molecule has 0 aliphatic rings. The molecule has 0 radical (unpaired) electrons. The first-order chi connectivity index (χ1) is 7.70. The summed E-state index contributed by atoms with van der Waals surface area (Å²) in [6, 6.07) is 1.99. The summed E-state index contributed by atoms with van der Waals surface area (Å²) in [5, 5.41) is 3.34. The van der Waals surface area contributed by atoms with E-state index >= 15 is 0 Å². The van der Waals surface area contributed by atoms with Crippen LogP contribution in [0.25, 0.3) is 0 Å². The third kappa shape index (κ3) is 5.33. The van der Waals surface area contributed by atoms with Crippen LogP contribution in [0.4, 0.5) is 0 Å². The van der Waals surface area contributed by atoms with Crippen LogP contribution in [0.5, 0.6) is 0 Å². The van der Waals surface area contributed by atoms with Crippen LogP contribution in [0.2, 0.25) is 0 Å². The zero-order valence-corrected chi connectivity index (χ0v) is 10.6. The molecule has 1 N–H and O–H groups in total. The van der Waals surface area contributed by atoms with Gasteiger partial charge in [0.1, 0.15) is 5.76 Å². The molecular weight excluding hydrogens is 202 g/mol. The van der Waals surface area contributed by atoms with Crippen molar-refractivity contribution in [3.8, 4) is 0 Å². The van der Waals surface area contributed by atoms with Crippen LogP contribution in [0.1, 0.15) is 31.6 Å². The van der Waals surface area contributed by atoms with Crippen molar-refractivity contribution >= 4 is 0 Å². The molecule has 0 amide bonds. The van der Waals surface area contributed by atoms with Gasteiger partial charge in [0.05, 0.1) is 12.8 Å². The highest BCUT2D eigenvalue weighted by Crippen LogP contribution is 2.07. The lowest BCUT2D eigenvalue weighted by molar-refractivity contribution is 0.108. The van der Waals surface area contributed by atoms with Gasteiger partial charge in [-0.25, -0.2) is 0 Å². The molecule has 3 heteroatoms. The van der Waals surface area contributed by atoms with E-state index in [-0.39, 0.29) is 0 Å². The van der Waals surface area contributed by atoms with Gasteiger partial charge < -0.3 is 14.5 Å². The van der Waals surface area contributed by atoms with Crippen LogP contribution in [0.3, 0.4) is 0 Å². The number of hydrogen-bond acceptors (Lipinski definition) is 3. The maximum absolute atomic E-state index is 5.49. The number of aryl methyl sites for hydroxylation is 1. The van der Waals surface area contributed by atoms with Crippen molar-refractivity contribution in [3.05, 3.63) is 23.7 Å². The molecule has 16 heavy (non-hydrogen) atoms. The fourth-order valence-corrected chi connectivity index (χ4v) is 1.41. The maximum atomic E-state index is 5.49. The van der Waals surface area contributed by atoms with Gasteiger partial charge in [-0.3, -0.25) is 0 Å². The summed E-state index contributed by atoms with van der Waals surface area (Å²) in [5.41, 5.74) is 1.21. The molecule has 1 aromatic heterocycles. The summed E-state index contributed by atoms with van der Waals surface area (Å²) in [4.78, 5) is 0. The zero-order chi connectivity index (χ0) is 11.8. The number of ether oxygens (including phenoxy) is 1. The molecule has 92 valence electrons. The predicted molar refractivity (Wildman–Crippen MR) is 65.4 cm³/mol. The van der Waals surface area contributed by atoms with Crippen molar-refractivity contribution in [1.82, 2.24) is 5.32 Å². The topological polar surface area (TPSA) is 34.4 Å². The van der Waals surface area contributed by atoms with E-state index in [1.165, 1.54) is 5.56 Å². The molecule has 0 bridgehead atoms. The van der Waals surface area contributed by atoms with Crippen molar-refractivity contribution in [2.24, 2.45) is 5.92 Å². The van der Waals surface area contributed by atoms with Crippen LogP contribution in [0.15, 0.2) is 16.7 Å². The molecule has 0 saturated heterocycles. The van der Waals surface area contributed by atoms with Gasteiger partial charge in [-0.2, -0.15) is 0 Å². The highest BCUT2D eigenvalue weighted by molar-refractivity contribution is 5.13. The first kappa shape index (κ1) is 13.3. The third-order valence-corrected chi connectivity index (χ3v) is 2.35. The second-order valence-electron chi connectivity index (χ2n) is 4.53. The van der Waals surface area contributed by atoms with Gasteiger partial charge >= 0.3 is 0 Å². The van der Waals surface area contributed by atoms with Gasteiger partial charge in [-0.05, 0) is 37.4 Å². The first-order valence-corrected chi connectivity index (χ1v) is 6.01. The molecule has 1 heterocycles. The fraction of sp³-hybridized carbons (Fsp3) is 0.692. The molecule has 3 nitrogen and oxygen atoms in total. The van der Waals surface area contributed by atoms with Gasteiger partial charge in [0.15, 0.2) is 0 Å². The normalized spacial score (nSPS) is 11.2. The number of hydrogen-bond donors (Lipinski definition) is 1. The highest BCUT2D eigenvalue weighted by Gasteiger charge is 2.00. The SMILES string of the molecule is Cc1ccoc1CNCCCOCC(C)C. The average Bonchev–Trinajstić information content (AvgIpc) is 2.62. The molecule has 0 aliphatic carbocycles. The summed E-state index contributed by atoms with van der Waals surface area (Å²) >= 11 is 0. The Morgan fingerprint density at radius 3 is 2.88 bits per heavy atom. The first-order valence-electron chi connectivity index (χ1n) is 6.01. The molecule has 0 spiro atoms. The van der Waals surface area contributed by atoms with Gasteiger partial charge in [-0.15, -0.1) is 0 Å². The predicted octanol–water partition coefficient (Wildman–Crippen LogP) is 2.74. The molecule has 0 saturated carbocycles. The van der Waals surface area contributed by atoms with E-state index in [1.807, 2.05) is 6.07 Å². The van der Waals surface area contributed by atoms with Crippen LogP contribution in [-0.2, 0) is 11.3 Å². The van der Waals surface area contributed by atoms with Crippen molar-refractivity contribution in [3.63, 3.8) is 0 Å². The Morgan fingerprint density at radius 2 is 2.25 bits per heavy atom. The smallest absolute Gasteiger partial charge is 0.120 e. The van der Waals surface area contributed by atoms with Crippen LogP contribution in [0, 0.1) is 12.8 Å². The number of furan rings is 1. The second kappa shape index (κ2) is 7.47. The van der Waals surface area contributed by atoms with Crippen LogP contribution < -0.4 is 5.32 Å². The molecule has 1 aromatic rings. The average molecular weight is 225 g/mol. The minimum atomic E-state index is 0.624. The Balaban J connectivity index is 1.94. The highest BCUT2D eigenvalue weighted by atomic mass is 16.5. The van der Waals surface area contributed by atoms with E-state index < -0.39 is 0 Å². The third-order valence-electron chi connectivity index (χ3n) is 2.35. The summed E-state index contributed by atoms with van der Waals surface area (Å²) in [7, 11) is 0. The molecule has 0 unspecified atom stereocenters. The van der Waals surface area contributed by atoms with E-state index in [2.05, 4.69) is 26.1 Å². The molecule has 0 aromatic carbocycles. The molecular formula is C13H23NO2. The number of nitrogens with one attached hydrogen (secondary N) is 1. The molecule has 0 atom stereocenters. The molecule has 0 fully saturated rings. The fourth-order valence-electron chi connectivity index (χ4n) is 1.41. The Kier molecular flexibility index (Phi) is 6.19. The largest absolute Gasteiger partial charge is 0.468 e. The minimum absolute atomic E-state index is 0.624. The summed E-state index contributed by atoms with van der Waals surface area (Å²) < 4.78 is 10.8. The van der Waals surface area contributed by atoms with Crippen molar-refractivity contribution < 1.29 is 9.15 Å². The van der Waals surface area contributed by atoms with E-state index in [0.29, 0.717) is 5.92 Å². The van der Waals surface area contributed by atoms with E-state index in [1.54, 1.807) is 6.26 Å².